The standard InChI is InChI=1S/C13H14F4N2O3S/c14-9-3-5-10(6-4-9)23(21,22)19-7-1-2-11(19)12(20)18-8-13(15,16)17/h3-6,11H,1-2,7-8H2,(H,18,20). The largest absolute Gasteiger partial charge is 0.405 e. The van der Waals surface area contributed by atoms with Gasteiger partial charge in [-0.3, -0.25) is 4.79 Å². The molecule has 0 aromatic heterocycles. The molecule has 1 amide bonds. The fourth-order valence-electron chi connectivity index (χ4n) is 2.34. The summed E-state index contributed by atoms with van der Waals surface area (Å²) in [7, 11) is -4.08. The third-order valence-electron chi connectivity index (χ3n) is 3.39. The first kappa shape index (κ1) is 17.7. The number of alkyl halides is 3. The topological polar surface area (TPSA) is 66.5 Å². The van der Waals surface area contributed by atoms with Gasteiger partial charge in [-0.05, 0) is 37.1 Å². The van der Waals surface area contributed by atoms with E-state index in [4.69, 9.17) is 0 Å². The number of rotatable bonds is 4. The Balaban J connectivity index is 2.17. The molecule has 1 aromatic carbocycles. The number of hydrogen-bond acceptors (Lipinski definition) is 3. The number of nitrogens with zero attached hydrogens (tertiary/aromatic N) is 1. The number of hydrogen-bond donors (Lipinski definition) is 1. The average Bonchev–Trinajstić information content (AvgIpc) is 2.94. The second kappa shape index (κ2) is 6.44. The van der Waals surface area contributed by atoms with Gasteiger partial charge in [-0.1, -0.05) is 0 Å². The van der Waals surface area contributed by atoms with E-state index in [2.05, 4.69) is 0 Å². The lowest BCUT2D eigenvalue weighted by atomic mass is 10.2. The van der Waals surface area contributed by atoms with Crippen molar-refractivity contribution >= 4 is 15.9 Å². The number of sulfonamides is 1. The van der Waals surface area contributed by atoms with E-state index >= 15 is 0 Å². The van der Waals surface area contributed by atoms with Crippen molar-refractivity contribution in [2.45, 2.75) is 30.0 Å². The molecule has 23 heavy (non-hydrogen) atoms. The van der Waals surface area contributed by atoms with Crippen LogP contribution in [-0.4, -0.2) is 43.9 Å². The first-order chi connectivity index (χ1) is 10.6. The molecule has 1 atom stereocenters. The molecule has 0 radical (unpaired) electrons. The van der Waals surface area contributed by atoms with E-state index in [1.807, 2.05) is 0 Å². The van der Waals surface area contributed by atoms with Gasteiger partial charge in [0.05, 0.1) is 4.90 Å². The molecule has 1 aromatic rings. The zero-order chi connectivity index (χ0) is 17.3. The molecule has 0 saturated carbocycles. The number of carbonyl (C=O) groups excluding carboxylic acids is 1. The number of halogens is 4. The SMILES string of the molecule is O=C(NCC(F)(F)F)C1CCCN1S(=O)(=O)c1ccc(F)cc1. The van der Waals surface area contributed by atoms with Gasteiger partial charge in [0.2, 0.25) is 15.9 Å². The smallest absolute Gasteiger partial charge is 0.346 e. The van der Waals surface area contributed by atoms with E-state index in [-0.39, 0.29) is 17.9 Å². The molecule has 1 fully saturated rings. The molecule has 1 saturated heterocycles. The minimum absolute atomic E-state index is 0.0177. The first-order valence-electron chi connectivity index (χ1n) is 6.73. The number of benzene rings is 1. The Hall–Kier alpha value is -1.68. The Labute approximate surface area is 130 Å². The Bertz CT molecular complexity index is 673. The molecule has 1 heterocycles. The summed E-state index contributed by atoms with van der Waals surface area (Å²) in [6, 6.07) is 2.82. The maximum Gasteiger partial charge on any atom is 0.405 e. The molecule has 1 aliphatic heterocycles. The summed E-state index contributed by atoms with van der Waals surface area (Å²) >= 11 is 0. The Morgan fingerprint density at radius 1 is 1.26 bits per heavy atom. The highest BCUT2D eigenvalue weighted by molar-refractivity contribution is 7.89. The van der Waals surface area contributed by atoms with E-state index in [0.29, 0.717) is 6.42 Å². The highest BCUT2D eigenvalue weighted by atomic mass is 32.2. The van der Waals surface area contributed by atoms with Crippen LogP contribution in [0.4, 0.5) is 17.6 Å². The van der Waals surface area contributed by atoms with Crippen LogP contribution in [0.25, 0.3) is 0 Å². The molecule has 0 spiro atoms. The van der Waals surface area contributed by atoms with Gasteiger partial charge in [-0.25, -0.2) is 12.8 Å². The monoisotopic (exact) mass is 354 g/mol. The quantitative estimate of drug-likeness (QED) is 0.837. The van der Waals surface area contributed by atoms with Crippen LogP contribution in [-0.2, 0) is 14.8 Å². The molecule has 128 valence electrons. The third kappa shape index (κ3) is 4.20. The molecule has 0 aliphatic carbocycles. The fourth-order valence-corrected chi connectivity index (χ4v) is 3.99. The van der Waals surface area contributed by atoms with Crippen molar-refractivity contribution in [2.24, 2.45) is 0 Å². The van der Waals surface area contributed by atoms with Crippen molar-refractivity contribution in [3.63, 3.8) is 0 Å². The summed E-state index contributed by atoms with van der Waals surface area (Å²) in [4.78, 5) is 11.6. The molecule has 2 rings (SSSR count). The maximum absolute atomic E-state index is 12.9. The van der Waals surface area contributed by atoms with Crippen LogP contribution in [0.5, 0.6) is 0 Å². The van der Waals surface area contributed by atoms with Crippen molar-refractivity contribution in [3.8, 4) is 0 Å². The minimum Gasteiger partial charge on any atom is -0.346 e. The Morgan fingerprint density at radius 2 is 1.87 bits per heavy atom. The van der Waals surface area contributed by atoms with Crippen LogP contribution in [0.1, 0.15) is 12.8 Å². The van der Waals surface area contributed by atoms with Crippen molar-refractivity contribution < 1.29 is 30.8 Å². The Morgan fingerprint density at radius 3 is 2.43 bits per heavy atom. The second-order valence-electron chi connectivity index (χ2n) is 5.06. The van der Waals surface area contributed by atoms with Gasteiger partial charge in [0.25, 0.3) is 0 Å². The van der Waals surface area contributed by atoms with Crippen LogP contribution in [0.2, 0.25) is 0 Å². The number of carbonyl (C=O) groups is 1. The molecule has 1 N–H and O–H groups in total. The second-order valence-corrected chi connectivity index (χ2v) is 6.95. The van der Waals surface area contributed by atoms with Crippen LogP contribution >= 0.6 is 0 Å². The van der Waals surface area contributed by atoms with E-state index in [1.54, 1.807) is 5.32 Å². The lowest BCUT2D eigenvalue weighted by Gasteiger charge is -2.23. The number of nitrogens with one attached hydrogen (secondary N) is 1. The fraction of sp³-hybridized carbons (Fsp3) is 0.462. The van der Waals surface area contributed by atoms with Gasteiger partial charge in [-0.15, -0.1) is 0 Å². The van der Waals surface area contributed by atoms with Gasteiger partial charge in [0, 0.05) is 6.54 Å². The molecular weight excluding hydrogens is 340 g/mol. The molecule has 5 nitrogen and oxygen atoms in total. The van der Waals surface area contributed by atoms with Crippen LogP contribution in [0.3, 0.4) is 0 Å². The predicted octanol–water partition coefficient (Wildman–Crippen LogP) is 1.66. The lowest BCUT2D eigenvalue weighted by molar-refractivity contribution is -0.140. The predicted molar refractivity (Wildman–Crippen MR) is 72.4 cm³/mol. The highest BCUT2D eigenvalue weighted by Crippen LogP contribution is 2.26. The first-order valence-corrected chi connectivity index (χ1v) is 8.17. The minimum atomic E-state index is -4.57. The molecule has 10 heteroatoms. The highest BCUT2D eigenvalue weighted by Gasteiger charge is 2.40. The van der Waals surface area contributed by atoms with Gasteiger partial charge in [-0.2, -0.15) is 17.5 Å². The third-order valence-corrected chi connectivity index (χ3v) is 5.31. The van der Waals surface area contributed by atoms with Crippen LogP contribution in [0, 0.1) is 5.82 Å². The van der Waals surface area contributed by atoms with E-state index in [9.17, 15) is 30.8 Å². The maximum atomic E-state index is 12.9. The summed E-state index contributed by atoms with van der Waals surface area (Å²) in [6.07, 6.45) is -4.09. The average molecular weight is 354 g/mol. The normalized spacial score (nSPS) is 19.7. The van der Waals surface area contributed by atoms with E-state index in [0.717, 1.165) is 28.6 Å². The van der Waals surface area contributed by atoms with Crippen LogP contribution in [0.15, 0.2) is 29.2 Å². The zero-order valence-electron chi connectivity index (χ0n) is 11.8. The Kier molecular flexibility index (Phi) is 4.95. The van der Waals surface area contributed by atoms with Crippen molar-refractivity contribution in [3.05, 3.63) is 30.1 Å². The van der Waals surface area contributed by atoms with E-state index in [1.165, 1.54) is 0 Å². The number of amides is 1. The van der Waals surface area contributed by atoms with Crippen molar-refractivity contribution in [1.29, 1.82) is 0 Å². The van der Waals surface area contributed by atoms with E-state index < -0.39 is 40.5 Å². The summed E-state index contributed by atoms with van der Waals surface area (Å²) < 4.78 is 75.1. The van der Waals surface area contributed by atoms with Crippen molar-refractivity contribution in [1.82, 2.24) is 9.62 Å². The molecule has 0 bridgehead atoms. The van der Waals surface area contributed by atoms with Gasteiger partial charge >= 0.3 is 6.18 Å². The zero-order valence-corrected chi connectivity index (χ0v) is 12.6. The van der Waals surface area contributed by atoms with Gasteiger partial charge in [0.1, 0.15) is 18.4 Å². The van der Waals surface area contributed by atoms with Crippen molar-refractivity contribution in [2.75, 3.05) is 13.1 Å². The summed E-state index contributed by atoms with van der Waals surface area (Å²) in [6.45, 7) is -1.50. The van der Waals surface area contributed by atoms with Gasteiger partial charge in [0.15, 0.2) is 0 Å². The summed E-state index contributed by atoms with van der Waals surface area (Å²) in [5.41, 5.74) is 0. The lowest BCUT2D eigenvalue weighted by Crippen LogP contribution is -2.47. The molecular formula is C13H14F4N2O3S. The molecule has 1 unspecified atom stereocenters. The molecule has 1 aliphatic rings. The summed E-state index contributed by atoms with van der Waals surface area (Å²) in [5.74, 6) is -1.62. The van der Waals surface area contributed by atoms with Crippen LogP contribution < -0.4 is 5.32 Å². The van der Waals surface area contributed by atoms with Gasteiger partial charge < -0.3 is 5.32 Å². The summed E-state index contributed by atoms with van der Waals surface area (Å²) in [5, 5.41) is 1.70.